The molecule has 0 aromatic heterocycles. The van der Waals surface area contributed by atoms with Crippen molar-refractivity contribution in [2.24, 2.45) is 0 Å². The second-order valence-corrected chi connectivity index (χ2v) is 6.07. The molecule has 0 amide bonds. The molecule has 4 heteroatoms. The Kier molecular flexibility index (Phi) is 4.39. The first-order chi connectivity index (χ1) is 8.93. The molecule has 2 unspecified atom stereocenters. The minimum absolute atomic E-state index is 0.304. The third kappa shape index (κ3) is 3.41. The van der Waals surface area contributed by atoms with E-state index in [1.54, 1.807) is 0 Å². The van der Waals surface area contributed by atoms with E-state index in [-0.39, 0.29) is 0 Å². The van der Waals surface area contributed by atoms with Crippen molar-refractivity contribution < 1.29 is 5.11 Å². The molecule has 1 aliphatic rings. The van der Waals surface area contributed by atoms with Crippen molar-refractivity contribution in [2.45, 2.75) is 38.8 Å². The first-order valence-electron chi connectivity index (χ1n) is 6.93. The van der Waals surface area contributed by atoms with Gasteiger partial charge in [0.2, 0.25) is 0 Å². The first kappa shape index (κ1) is 14.6. The van der Waals surface area contributed by atoms with Crippen LogP contribution in [0.2, 0.25) is 5.02 Å². The Balaban J connectivity index is 2.16. The lowest BCUT2D eigenvalue weighted by Gasteiger charge is -2.23. The molecule has 1 aromatic carbocycles. The molecule has 1 fully saturated rings. The molecule has 106 valence electrons. The molecule has 0 radical (unpaired) electrons. The zero-order valence-electron chi connectivity index (χ0n) is 11.9. The van der Waals surface area contributed by atoms with E-state index in [1.165, 1.54) is 5.56 Å². The van der Waals surface area contributed by atoms with Crippen LogP contribution in [0.25, 0.3) is 0 Å². The molecule has 2 atom stereocenters. The van der Waals surface area contributed by atoms with E-state index in [9.17, 15) is 5.11 Å². The molecule has 0 saturated carbocycles. The van der Waals surface area contributed by atoms with Gasteiger partial charge in [0, 0.05) is 19.1 Å². The quantitative estimate of drug-likeness (QED) is 0.891. The average Bonchev–Trinajstić information content (AvgIpc) is 2.69. The van der Waals surface area contributed by atoms with Gasteiger partial charge in [-0.2, -0.15) is 0 Å². The Hall–Kier alpha value is -0.770. The number of benzene rings is 1. The van der Waals surface area contributed by atoms with Crippen LogP contribution in [0, 0.1) is 0 Å². The van der Waals surface area contributed by atoms with Crippen LogP contribution in [0.4, 0.5) is 5.69 Å². The summed E-state index contributed by atoms with van der Waals surface area (Å²) < 4.78 is 0. The zero-order valence-corrected chi connectivity index (χ0v) is 12.7. The van der Waals surface area contributed by atoms with E-state index in [0.29, 0.717) is 12.6 Å². The number of β-amino-alcohol motifs (C(OH)–C–C–N with tert-alkyl or cyclic N) is 1. The third-order valence-corrected chi connectivity index (χ3v) is 4.08. The molecule has 1 aliphatic heterocycles. The number of rotatable bonds is 4. The van der Waals surface area contributed by atoms with Crippen molar-refractivity contribution in [2.75, 3.05) is 24.5 Å². The largest absolute Gasteiger partial charge is 0.388 e. The Labute approximate surface area is 120 Å². The Morgan fingerprint density at radius 3 is 2.79 bits per heavy atom. The third-order valence-electron chi connectivity index (χ3n) is 3.77. The van der Waals surface area contributed by atoms with Crippen LogP contribution in [0.15, 0.2) is 18.2 Å². The summed E-state index contributed by atoms with van der Waals surface area (Å²) in [4.78, 5) is 2.16. The second-order valence-electron chi connectivity index (χ2n) is 5.66. The fourth-order valence-corrected chi connectivity index (χ4v) is 2.93. The maximum absolute atomic E-state index is 10.0. The van der Waals surface area contributed by atoms with E-state index in [0.717, 1.165) is 30.2 Å². The Morgan fingerprint density at radius 2 is 2.26 bits per heavy atom. The molecule has 2 rings (SSSR count). The number of hydrogen-bond donors (Lipinski definition) is 2. The summed E-state index contributed by atoms with van der Waals surface area (Å²) in [6, 6.07) is 6.50. The Morgan fingerprint density at radius 1 is 1.53 bits per heavy atom. The highest BCUT2D eigenvalue weighted by Gasteiger charge is 2.32. The van der Waals surface area contributed by atoms with Crippen LogP contribution < -0.4 is 10.2 Å². The van der Waals surface area contributed by atoms with E-state index < -0.39 is 5.60 Å². The molecule has 2 N–H and O–H groups in total. The van der Waals surface area contributed by atoms with Crippen molar-refractivity contribution in [3.63, 3.8) is 0 Å². The molecule has 1 heterocycles. The van der Waals surface area contributed by atoms with Gasteiger partial charge >= 0.3 is 0 Å². The maximum atomic E-state index is 10.0. The summed E-state index contributed by atoms with van der Waals surface area (Å²) in [6.45, 7) is 8.55. The second kappa shape index (κ2) is 5.70. The summed E-state index contributed by atoms with van der Waals surface area (Å²) in [5.41, 5.74) is 1.62. The van der Waals surface area contributed by atoms with Crippen molar-refractivity contribution >= 4 is 17.3 Å². The normalized spacial score (nSPS) is 24.8. The summed E-state index contributed by atoms with van der Waals surface area (Å²) in [7, 11) is 0. The smallest absolute Gasteiger partial charge is 0.0810 e. The number of nitrogens with zero attached hydrogens (tertiary/aromatic N) is 1. The van der Waals surface area contributed by atoms with E-state index in [1.807, 2.05) is 13.0 Å². The van der Waals surface area contributed by atoms with E-state index in [2.05, 4.69) is 36.2 Å². The number of aliphatic hydroxyl groups is 1. The van der Waals surface area contributed by atoms with Gasteiger partial charge < -0.3 is 15.3 Å². The van der Waals surface area contributed by atoms with Crippen LogP contribution in [-0.4, -0.2) is 30.3 Å². The molecule has 3 nitrogen and oxygen atoms in total. The van der Waals surface area contributed by atoms with Gasteiger partial charge in [-0.15, -0.1) is 0 Å². The number of nitrogens with one attached hydrogen (secondary N) is 1. The lowest BCUT2D eigenvalue weighted by molar-refractivity contribution is 0.0839. The van der Waals surface area contributed by atoms with E-state index in [4.69, 9.17) is 11.6 Å². The molecular formula is C15H23ClN2O. The maximum Gasteiger partial charge on any atom is 0.0810 e. The van der Waals surface area contributed by atoms with Crippen LogP contribution in [-0.2, 0) is 0 Å². The summed E-state index contributed by atoms with van der Waals surface area (Å²) in [5.74, 6) is 0. The molecule has 1 aromatic rings. The molecule has 19 heavy (non-hydrogen) atoms. The lowest BCUT2D eigenvalue weighted by Crippen LogP contribution is -2.29. The fraction of sp³-hybridized carbons (Fsp3) is 0.600. The number of hydrogen-bond acceptors (Lipinski definition) is 3. The Bertz CT molecular complexity index is 448. The number of halogens is 1. The van der Waals surface area contributed by atoms with Gasteiger partial charge in [-0.3, -0.25) is 0 Å². The van der Waals surface area contributed by atoms with Crippen LogP contribution in [0.3, 0.4) is 0 Å². The summed E-state index contributed by atoms with van der Waals surface area (Å²) in [5, 5.41) is 14.2. The highest BCUT2D eigenvalue weighted by Crippen LogP contribution is 2.33. The van der Waals surface area contributed by atoms with Crippen LogP contribution >= 0.6 is 11.6 Å². The fourth-order valence-electron chi connectivity index (χ4n) is 2.62. The van der Waals surface area contributed by atoms with Gasteiger partial charge in [0.15, 0.2) is 0 Å². The predicted octanol–water partition coefficient (Wildman–Crippen LogP) is 2.97. The van der Waals surface area contributed by atoms with Gasteiger partial charge in [-0.05, 0) is 44.5 Å². The zero-order chi connectivity index (χ0) is 14.0. The van der Waals surface area contributed by atoms with Crippen molar-refractivity contribution in [3.8, 4) is 0 Å². The van der Waals surface area contributed by atoms with Crippen LogP contribution in [0.1, 0.15) is 38.8 Å². The number of anilines is 1. The molecule has 1 saturated heterocycles. The van der Waals surface area contributed by atoms with Gasteiger partial charge in [0.05, 0.1) is 16.3 Å². The lowest BCUT2D eigenvalue weighted by atomic mass is 10.1. The first-order valence-corrected chi connectivity index (χ1v) is 7.31. The highest BCUT2D eigenvalue weighted by molar-refractivity contribution is 6.33. The van der Waals surface area contributed by atoms with Crippen LogP contribution in [0.5, 0.6) is 0 Å². The molecule has 0 aliphatic carbocycles. The van der Waals surface area contributed by atoms with Crippen molar-refractivity contribution in [1.82, 2.24) is 5.32 Å². The molecule has 0 spiro atoms. The minimum atomic E-state index is -0.598. The average molecular weight is 283 g/mol. The van der Waals surface area contributed by atoms with Gasteiger partial charge in [0.25, 0.3) is 0 Å². The highest BCUT2D eigenvalue weighted by atomic mass is 35.5. The molecule has 0 bridgehead atoms. The minimum Gasteiger partial charge on any atom is -0.388 e. The van der Waals surface area contributed by atoms with Crippen molar-refractivity contribution in [3.05, 3.63) is 28.8 Å². The van der Waals surface area contributed by atoms with Gasteiger partial charge in [-0.25, -0.2) is 0 Å². The summed E-state index contributed by atoms with van der Waals surface area (Å²) in [6.07, 6.45) is 0.791. The van der Waals surface area contributed by atoms with Crippen molar-refractivity contribution in [1.29, 1.82) is 0 Å². The van der Waals surface area contributed by atoms with Gasteiger partial charge in [0.1, 0.15) is 0 Å². The van der Waals surface area contributed by atoms with E-state index >= 15 is 0 Å². The monoisotopic (exact) mass is 282 g/mol. The standard InChI is InChI=1S/C15H23ClN2O/c1-4-17-11(2)12-5-6-14(13(16)9-12)18-8-7-15(3,19)10-18/h5-6,9,11,17,19H,4,7-8,10H2,1-3H3. The molecular weight excluding hydrogens is 260 g/mol. The topological polar surface area (TPSA) is 35.5 Å². The predicted molar refractivity (Wildman–Crippen MR) is 81.0 cm³/mol. The summed E-state index contributed by atoms with van der Waals surface area (Å²) >= 11 is 6.40. The van der Waals surface area contributed by atoms with Gasteiger partial charge in [-0.1, -0.05) is 24.6 Å². The SMILES string of the molecule is CCNC(C)c1ccc(N2CCC(C)(O)C2)c(Cl)c1.